The molecule has 0 aliphatic rings. The Morgan fingerprint density at radius 3 is 2.50 bits per heavy atom. The molecule has 1 atom stereocenters. The molecule has 4 heteroatoms. The van der Waals surface area contributed by atoms with Gasteiger partial charge in [-0.3, -0.25) is 4.79 Å². The quantitative estimate of drug-likeness (QED) is 0.797. The molecule has 0 N–H and O–H groups in total. The van der Waals surface area contributed by atoms with Crippen LogP contribution >= 0.6 is 15.9 Å². The fourth-order valence-electron chi connectivity index (χ4n) is 1.75. The minimum Gasteiger partial charge on any atom is -0.481 e. The van der Waals surface area contributed by atoms with E-state index >= 15 is 0 Å². The van der Waals surface area contributed by atoms with E-state index in [4.69, 9.17) is 10.00 Å². The highest BCUT2D eigenvalue weighted by atomic mass is 79.9. The van der Waals surface area contributed by atoms with Crippen molar-refractivity contribution in [3.63, 3.8) is 0 Å². The number of para-hydroxylation sites is 1. The summed E-state index contributed by atoms with van der Waals surface area (Å²) in [6.07, 6.45) is -0.648. The van der Waals surface area contributed by atoms with E-state index in [9.17, 15) is 4.79 Å². The van der Waals surface area contributed by atoms with Crippen molar-refractivity contribution < 1.29 is 9.53 Å². The SMILES string of the molecule is C[C@H](Oc1ccccc1C#N)C(=O)c1ccc(Br)cc1. The first-order valence-electron chi connectivity index (χ1n) is 6.07. The van der Waals surface area contributed by atoms with Crippen LogP contribution in [-0.4, -0.2) is 11.9 Å². The Morgan fingerprint density at radius 1 is 1.20 bits per heavy atom. The highest BCUT2D eigenvalue weighted by Gasteiger charge is 2.18. The first-order valence-corrected chi connectivity index (χ1v) is 6.86. The minimum absolute atomic E-state index is 0.120. The first kappa shape index (κ1) is 14.3. The van der Waals surface area contributed by atoms with Crippen LogP contribution in [0.3, 0.4) is 0 Å². The molecular weight excluding hydrogens is 318 g/mol. The lowest BCUT2D eigenvalue weighted by Gasteiger charge is -2.14. The van der Waals surface area contributed by atoms with Gasteiger partial charge in [-0.2, -0.15) is 5.26 Å². The van der Waals surface area contributed by atoms with E-state index in [1.165, 1.54) is 0 Å². The number of carbonyl (C=O) groups is 1. The Hall–Kier alpha value is -2.12. The van der Waals surface area contributed by atoms with Crippen LogP contribution < -0.4 is 4.74 Å². The molecule has 3 nitrogen and oxygen atoms in total. The van der Waals surface area contributed by atoms with Crippen LogP contribution in [-0.2, 0) is 0 Å². The van der Waals surface area contributed by atoms with E-state index in [-0.39, 0.29) is 5.78 Å². The zero-order valence-electron chi connectivity index (χ0n) is 10.8. The molecule has 100 valence electrons. The maximum atomic E-state index is 12.2. The van der Waals surface area contributed by atoms with Gasteiger partial charge in [0.2, 0.25) is 5.78 Å². The predicted octanol–water partition coefficient (Wildman–Crippen LogP) is 3.97. The van der Waals surface area contributed by atoms with Gasteiger partial charge in [-0.15, -0.1) is 0 Å². The summed E-state index contributed by atoms with van der Waals surface area (Å²) in [5, 5.41) is 9.00. The van der Waals surface area contributed by atoms with E-state index < -0.39 is 6.10 Å². The molecule has 0 heterocycles. The molecule has 2 aromatic carbocycles. The third kappa shape index (κ3) is 3.25. The monoisotopic (exact) mass is 329 g/mol. The fraction of sp³-hybridized carbons (Fsp3) is 0.125. The van der Waals surface area contributed by atoms with Crippen molar-refractivity contribution in [1.82, 2.24) is 0 Å². The Bertz CT molecular complexity index is 659. The molecule has 0 spiro atoms. The molecular formula is C16H12BrNO2. The average molecular weight is 330 g/mol. The van der Waals surface area contributed by atoms with Gasteiger partial charge in [0.1, 0.15) is 11.8 Å². The van der Waals surface area contributed by atoms with Crippen LogP contribution in [0.25, 0.3) is 0 Å². The number of carbonyl (C=O) groups excluding carboxylic acids is 1. The second-order valence-electron chi connectivity index (χ2n) is 4.24. The van der Waals surface area contributed by atoms with Gasteiger partial charge in [-0.05, 0) is 31.2 Å². The summed E-state index contributed by atoms with van der Waals surface area (Å²) in [5.74, 6) is 0.304. The molecule has 0 aromatic heterocycles. The zero-order valence-corrected chi connectivity index (χ0v) is 12.4. The van der Waals surface area contributed by atoms with Crippen molar-refractivity contribution in [2.24, 2.45) is 0 Å². The second kappa shape index (κ2) is 6.36. The molecule has 2 aromatic rings. The number of nitrogens with zero attached hydrogens (tertiary/aromatic N) is 1. The van der Waals surface area contributed by atoms with Crippen LogP contribution in [0.4, 0.5) is 0 Å². The first-order chi connectivity index (χ1) is 9.61. The van der Waals surface area contributed by atoms with Crippen LogP contribution in [0, 0.1) is 11.3 Å². The number of benzene rings is 2. The Labute approximate surface area is 125 Å². The highest BCUT2D eigenvalue weighted by molar-refractivity contribution is 9.10. The molecule has 0 fully saturated rings. The summed E-state index contributed by atoms with van der Waals surface area (Å²) in [6.45, 7) is 1.68. The van der Waals surface area contributed by atoms with E-state index in [2.05, 4.69) is 15.9 Å². The third-order valence-electron chi connectivity index (χ3n) is 2.81. The molecule has 0 radical (unpaired) electrons. The summed E-state index contributed by atoms with van der Waals surface area (Å²) < 4.78 is 6.51. The lowest BCUT2D eigenvalue weighted by Crippen LogP contribution is -2.24. The molecule has 0 saturated carbocycles. The number of rotatable bonds is 4. The number of hydrogen-bond donors (Lipinski definition) is 0. The lowest BCUT2D eigenvalue weighted by atomic mass is 10.1. The van der Waals surface area contributed by atoms with Crippen molar-refractivity contribution >= 4 is 21.7 Å². The van der Waals surface area contributed by atoms with Gasteiger partial charge in [-0.25, -0.2) is 0 Å². The molecule has 0 aliphatic heterocycles. The molecule has 0 aliphatic carbocycles. The number of hydrogen-bond acceptors (Lipinski definition) is 3. The topological polar surface area (TPSA) is 50.1 Å². The Morgan fingerprint density at radius 2 is 1.85 bits per heavy atom. The Kier molecular flexibility index (Phi) is 4.54. The predicted molar refractivity (Wildman–Crippen MR) is 79.7 cm³/mol. The molecule has 20 heavy (non-hydrogen) atoms. The van der Waals surface area contributed by atoms with Crippen molar-refractivity contribution in [2.75, 3.05) is 0 Å². The van der Waals surface area contributed by atoms with Gasteiger partial charge < -0.3 is 4.74 Å². The third-order valence-corrected chi connectivity index (χ3v) is 3.34. The number of ketones is 1. The molecule has 0 unspecified atom stereocenters. The molecule has 0 bridgehead atoms. The van der Waals surface area contributed by atoms with Crippen LogP contribution in [0.5, 0.6) is 5.75 Å². The van der Waals surface area contributed by atoms with Gasteiger partial charge in [0.25, 0.3) is 0 Å². The summed E-state index contributed by atoms with van der Waals surface area (Å²) >= 11 is 3.33. The van der Waals surface area contributed by atoms with E-state index in [0.717, 1.165) is 4.47 Å². The number of halogens is 1. The summed E-state index contributed by atoms with van der Waals surface area (Å²) in [6, 6.07) is 16.0. The van der Waals surface area contributed by atoms with Crippen LogP contribution in [0.2, 0.25) is 0 Å². The van der Waals surface area contributed by atoms with Gasteiger partial charge in [0.15, 0.2) is 6.10 Å². The lowest BCUT2D eigenvalue weighted by molar-refractivity contribution is 0.0817. The largest absolute Gasteiger partial charge is 0.481 e. The minimum atomic E-state index is -0.648. The van der Waals surface area contributed by atoms with Crippen LogP contribution in [0.1, 0.15) is 22.8 Å². The number of nitriles is 1. The zero-order chi connectivity index (χ0) is 14.5. The molecule has 0 amide bonds. The van der Waals surface area contributed by atoms with Gasteiger partial charge in [-0.1, -0.05) is 40.2 Å². The second-order valence-corrected chi connectivity index (χ2v) is 5.15. The van der Waals surface area contributed by atoms with Gasteiger partial charge in [0.05, 0.1) is 5.56 Å². The number of Topliss-reactive ketones (excluding diaryl/α,β-unsaturated/α-hetero) is 1. The molecule has 2 rings (SSSR count). The van der Waals surface area contributed by atoms with Gasteiger partial charge >= 0.3 is 0 Å². The maximum absolute atomic E-state index is 12.2. The van der Waals surface area contributed by atoms with Crippen molar-refractivity contribution in [2.45, 2.75) is 13.0 Å². The van der Waals surface area contributed by atoms with Crippen molar-refractivity contribution in [3.05, 3.63) is 64.1 Å². The maximum Gasteiger partial charge on any atom is 0.202 e. The van der Waals surface area contributed by atoms with Gasteiger partial charge in [0, 0.05) is 10.0 Å². The fourth-order valence-corrected chi connectivity index (χ4v) is 2.02. The smallest absolute Gasteiger partial charge is 0.202 e. The average Bonchev–Trinajstić information content (AvgIpc) is 2.48. The number of ether oxygens (including phenoxy) is 1. The summed E-state index contributed by atoms with van der Waals surface area (Å²) in [4.78, 5) is 12.2. The standard InChI is InChI=1S/C16H12BrNO2/c1-11(16(19)12-6-8-14(17)9-7-12)20-15-5-3-2-4-13(15)10-18/h2-9,11H,1H3/t11-/m0/s1. The van der Waals surface area contributed by atoms with Crippen molar-refractivity contribution in [3.8, 4) is 11.8 Å². The van der Waals surface area contributed by atoms with E-state index in [0.29, 0.717) is 16.9 Å². The van der Waals surface area contributed by atoms with E-state index in [1.807, 2.05) is 18.2 Å². The normalized spacial score (nSPS) is 11.4. The molecule has 0 saturated heterocycles. The van der Waals surface area contributed by atoms with Crippen LogP contribution in [0.15, 0.2) is 53.0 Å². The highest BCUT2D eigenvalue weighted by Crippen LogP contribution is 2.20. The Balaban J connectivity index is 2.16. The summed E-state index contributed by atoms with van der Waals surface area (Å²) in [5.41, 5.74) is 0.998. The summed E-state index contributed by atoms with van der Waals surface area (Å²) in [7, 11) is 0. The van der Waals surface area contributed by atoms with Crippen molar-refractivity contribution in [1.29, 1.82) is 5.26 Å². The van der Waals surface area contributed by atoms with E-state index in [1.54, 1.807) is 43.3 Å².